The summed E-state index contributed by atoms with van der Waals surface area (Å²) in [5.74, 6) is 0.477. The van der Waals surface area contributed by atoms with E-state index in [2.05, 4.69) is 11.4 Å². The van der Waals surface area contributed by atoms with Gasteiger partial charge in [-0.25, -0.2) is 0 Å². The van der Waals surface area contributed by atoms with Gasteiger partial charge in [-0.2, -0.15) is 5.26 Å². The molecule has 2 N–H and O–H groups in total. The Balaban J connectivity index is 1.84. The van der Waals surface area contributed by atoms with Crippen LogP contribution in [0.3, 0.4) is 0 Å². The van der Waals surface area contributed by atoms with E-state index in [1.165, 1.54) is 11.8 Å². The number of hydrogen-bond acceptors (Lipinski definition) is 4. The highest BCUT2D eigenvalue weighted by Gasteiger charge is 2.42. The van der Waals surface area contributed by atoms with E-state index in [-0.39, 0.29) is 12.5 Å². The van der Waals surface area contributed by atoms with Gasteiger partial charge in [0, 0.05) is 4.90 Å². The van der Waals surface area contributed by atoms with E-state index in [0.717, 1.165) is 23.3 Å². The standard InChI is InChI=1S/C15H18N2O2S/c1-15(10-16,12-4-5-12)17-14(19)9-20-13-6-2-11(8-18)3-7-13/h2-3,6-7,12,18H,4-5,8-9H2,1H3,(H,17,19). The number of aliphatic hydroxyl groups excluding tert-OH is 1. The summed E-state index contributed by atoms with van der Waals surface area (Å²) in [4.78, 5) is 12.9. The second-order valence-electron chi connectivity index (χ2n) is 5.23. The van der Waals surface area contributed by atoms with Crippen LogP contribution in [0.4, 0.5) is 0 Å². The quantitative estimate of drug-likeness (QED) is 0.787. The molecule has 1 atom stereocenters. The molecule has 20 heavy (non-hydrogen) atoms. The summed E-state index contributed by atoms with van der Waals surface area (Å²) in [5, 5.41) is 21.0. The SMILES string of the molecule is CC(C#N)(NC(=O)CSc1ccc(CO)cc1)C1CC1. The number of carbonyl (C=O) groups is 1. The normalized spacial score (nSPS) is 17.1. The van der Waals surface area contributed by atoms with E-state index < -0.39 is 5.54 Å². The van der Waals surface area contributed by atoms with Crippen molar-refractivity contribution in [2.75, 3.05) is 5.75 Å². The summed E-state index contributed by atoms with van der Waals surface area (Å²) >= 11 is 1.43. The molecule has 0 bridgehead atoms. The van der Waals surface area contributed by atoms with Crippen molar-refractivity contribution in [1.29, 1.82) is 5.26 Å². The van der Waals surface area contributed by atoms with Crippen molar-refractivity contribution in [3.05, 3.63) is 29.8 Å². The summed E-state index contributed by atoms with van der Waals surface area (Å²) < 4.78 is 0. The van der Waals surface area contributed by atoms with Crippen LogP contribution in [-0.4, -0.2) is 22.3 Å². The zero-order valence-corrected chi connectivity index (χ0v) is 12.2. The first-order valence-corrected chi connectivity index (χ1v) is 7.61. The maximum atomic E-state index is 11.9. The van der Waals surface area contributed by atoms with Crippen molar-refractivity contribution in [2.45, 2.75) is 36.8 Å². The van der Waals surface area contributed by atoms with Crippen LogP contribution in [0.5, 0.6) is 0 Å². The van der Waals surface area contributed by atoms with Gasteiger partial charge in [0.05, 0.1) is 18.4 Å². The molecule has 1 aromatic carbocycles. The topological polar surface area (TPSA) is 73.1 Å². The van der Waals surface area contributed by atoms with Crippen LogP contribution < -0.4 is 5.32 Å². The zero-order valence-electron chi connectivity index (χ0n) is 11.4. The molecule has 1 fully saturated rings. The average molecular weight is 290 g/mol. The Morgan fingerprint density at radius 1 is 1.50 bits per heavy atom. The molecule has 1 aliphatic rings. The molecule has 4 nitrogen and oxygen atoms in total. The third kappa shape index (κ3) is 3.75. The molecule has 1 unspecified atom stereocenters. The third-order valence-corrected chi connectivity index (χ3v) is 4.51. The number of amides is 1. The van der Waals surface area contributed by atoms with Crippen molar-refractivity contribution in [3.8, 4) is 6.07 Å². The molecule has 0 heterocycles. The Bertz CT molecular complexity index is 520. The maximum Gasteiger partial charge on any atom is 0.231 e. The Labute approximate surface area is 123 Å². The number of nitrogens with one attached hydrogen (secondary N) is 1. The first-order valence-electron chi connectivity index (χ1n) is 6.62. The molecule has 1 aliphatic carbocycles. The van der Waals surface area contributed by atoms with Crippen molar-refractivity contribution in [3.63, 3.8) is 0 Å². The summed E-state index contributed by atoms with van der Waals surface area (Å²) in [6.45, 7) is 1.82. The van der Waals surface area contributed by atoms with E-state index in [1.807, 2.05) is 24.3 Å². The number of hydrogen-bond donors (Lipinski definition) is 2. The highest BCUT2D eigenvalue weighted by Crippen LogP contribution is 2.39. The van der Waals surface area contributed by atoms with Gasteiger partial charge in [-0.3, -0.25) is 4.79 Å². The predicted molar refractivity (Wildman–Crippen MR) is 78.0 cm³/mol. The lowest BCUT2D eigenvalue weighted by atomic mass is 9.98. The third-order valence-electron chi connectivity index (χ3n) is 3.50. The smallest absolute Gasteiger partial charge is 0.231 e. The molecule has 1 amide bonds. The van der Waals surface area contributed by atoms with Gasteiger partial charge in [-0.15, -0.1) is 11.8 Å². The second-order valence-corrected chi connectivity index (χ2v) is 6.28. The first-order chi connectivity index (χ1) is 9.57. The molecule has 0 saturated heterocycles. The molecular weight excluding hydrogens is 272 g/mol. The number of nitrogens with zero attached hydrogens (tertiary/aromatic N) is 1. The Kier molecular flexibility index (Phi) is 4.69. The van der Waals surface area contributed by atoms with Gasteiger partial charge in [0.15, 0.2) is 0 Å². The molecule has 0 aromatic heterocycles. The fourth-order valence-electron chi connectivity index (χ4n) is 2.05. The summed E-state index contributed by atoms with van der Waals surface area (Å²) in [6.07, 6.45) is 2.03. The average Bonchev–Trinajstić information content (AvgIpc) is 3.30. The molecule has 5 heteroatoms. The molecule has 2 rings (SSSR count). The van der Waals surface area contributed by atoms with Gasteiger partial charge in [0.2, 0.25) is 5.91 Å². The lowest BCUT2D eigenvalue weighted by Crippen LogP contribution is -2.47. The van der Waals surface area contributed by atoms with E-state index in [4.69, 9.17) is 5.11 Å². The number of nitriles is 1. The summed E-state index contributed by atoms with van der Waals surface area (Å²) in [7, 11) is 0. The number of thioether (sulfide) groups is 1. The van der Waals surface area contributed by atoms with Gasteiger partial charge >= 0.3 is 0 Å². The van der Waals surface area contributed by atoms with Crippen LogP contribution in [0, 0.1) is 17.2 Å². The van der Waals surface area contributed by atoms with E-state index in [9.17, 15) is 10.1 Å². The van der Waals surface area contributed by atoms with Crippen molar-refractivity contribution in [1.82, 2.24) is 5.32 Å². The van der Waals surface area contributed by atoms with Crippen LogP contribution in [0.2, 0.25) is 0 Å². The van der Waals surface area contributed by atoms with E-state index in [0.29, 0.717) is 11.7 Å². The van der Waals surface area contributed by atoms with Gasteiger partial charge in [-0.1, -0.05) is 12.1 Å². The minimum absolute atomic E-state index is 0.0212. The first kappa shape index (κ1) is 14.9. The monoisotopic (exact) mass is 290 g/mol. The molecule has 1 aromatic rings. The molecule has 0 radical (unpaired) electrons. The van der Waals surface area contributed by atoms with Crippen LogP contribution in [0.15, 0.2) is 29.2 Å². The van der Waals surface area contributed by atoms with Crippen LogP contribution >= 0.6 is 11.8 Å². The molecular formula is C15H18N2O2S. The number of rotatable bonds is 6. The fourth-order valence-corrected chi connectivity index (χ4v) is 2.75. The fraction of sp³-hybridized carbons (Fsp3) is 0.467. The Hall–Kier alpha value is -1.51. The molecule has 0 spiro atoms. The van der Waals surface area contributed by atoms with Crippen LogP contribution in [0.1, 0.15) is 25.3 Å². The largest absolute Gasteiger partial charge is 0.392 e. The van der Waals surface area contributed by atoms with Gasteiger partial charge < -0.3 is 10.4 Å². The lowest BCUT2D eigenvalue weighted by molar-refractivity contribution is -0.119. The van der Waals surface area contributed by atoms with Gasteiger partial charge in [0.1, 0.15) is 5.54 Å². The van der Waals surface area contributed by atoms with Crippen molar-refractivity contribution >= 4 is 17.7 Å². The van der Waals surface area contributed by atoms with E-state index >= 15 is 0 Å². The van der Waals surface area contributed by atoms with Gasteiger partial charge in [-0.05, 0) is 43.4 Å². The predicted octanol–water partition coefficient (Wildman–Crippen LogP) is 2.08. The minimum Gasteiger partial charge on any atom is -0.392 e. The number of aliphatic hydroxyl groups is 1. The number of benzene rings is 1. The summed E-state index contributed by atoms with van der Waals surface area (Å²) in [6, 6.07) is 9.66. The summed E-state index contributed by atoms with van der Waals surface area (Å²) in [5.41, 5.74) is 0.128. The molecule has 106 valence electrons. The molecule has 1 saturated carbocycles. The number of carbonyl (C=O) groups excluding carboxylic acids is 1. The zero-order chi connectivity index (χ0) is 14.6. The Morgan fingerprint density at radius 2 is 2.15 bits per heavy atom. The van der Waals surface area contributed by atoms with E-state index in [1.54, 1.807) is 6.92 Å². The minimum atomic E-state index is -0.724. The highest BCUT2D eigenvalue weighted by atomic mass is 32.2. The van der Waals surface area contributed by atoms with Crippen LogP contribution in [-0.2, 0) is 11.4 Å². The maximum absolute atomic E-state index is 11.9. The van der Waals surface area contributed by atoms with Crippen LogP contribution in [0.25, 0.3) is 0 Å². The lowest BCUT2D eigenvalue weighted by Gasteiger charge is -2.22. The second kappa shape index (κ2) is 6.29. The van der Waals surface area contributed by atoms with Crippen molar-refractivity contribution < 1.29 is 9.90 Å². The van der Waals surface area contributed by atoms with Crippen molar-refractivity contribution in [2.24, 2.45) is 5.92 Å². The Morgan fingerprint density at radius 3 is 2.65 bits per heavy atom. The highest BCUT2D eigenvalue weighted by molar-refractivity contribution is 8.00. The van der Waals surface area contributed by atoms with Gasteiger partial charge in [0.25, 0.3) is 0 Å². The molecule has 0 aliphatic heterocycles.